The number of alkyl halides is 3. The van der Waals surface area contributed by atoms with Gasteiger partial charge in [-0.15, -0.1) is 0 Å². The third kappa shape index (κ3) is 6.69. The highest BCUT2D eigenvalue weighted by Gasteiger charge is 2.61. The Kier molecular flexibility index (Phi) is 8.70. The number of thiazole rings is 1. The lowest BCUT2D eigenvalue weighted by atomic mass is 10.0. The van der Waals surface area contributed by atoms with Gasteiger partial charge in [-0.3, -0.25) is 9.59 Å². The summed E-state index contributed by atoms with van der Waals surface area (Å²) in [7, 11) is 0. The van der Waals surface area contributed by atoms with E-state index in [0.29, 0.717) is 24.5 Å². The second kappa shape index (κ2) is 12.6. The van der Waals surface area contributed by atoms with Gasteiger partial charge in [-0.25, -0.2) is 9.78 Å². The van der Waals surface area contributed by atoms with Crippen LogP contribution < -0.4 is 15.4 Å². The molecule has 3 N–H and O–H groups in total. The van der Waals surface area contributed by atoms with Gasteiger partial charge in [0.2, 0.25) is 11.8 Å². The second-order valence-corrected chi connectivity index (χ2v) is 13.3. The third-order valence-corrected chi connectivity index (χ3v) is 9.85. The number of fused-ring (bicyclic) bond motifs is 3. The minimum absolute atomic E-state index is 0.0239. The lowest BCUT2D eigenvalue weighted by molar-refractivity contribution is -0.145. The van der Waals surface area contributed by atoms with Crippen molar-refractivity contribution in [1.29, 1.82) is 0 Å². The van der Waals surface area contributed by atoms with Crippen LogP contribution in [0.2, 0.25) is 0 Å². The number of ether oxygens (including phenoxy) is 1. The molecule has 46 heavy (non-hydrogen) atoms. The molecule has 3 heterocycles. The van der Waals surface area contributed by atoms with Gasteiger partial charge in [0.1, 0.15) is 23.7 Å². The molecule has 13 heteroatoms. The molecule has 9 nitrogen and oxygen atoms in total. The maximum absolute atomic E-state index is 14.2. The Hall–Kier alpha value is -4.13. The number of halogens is 3. The molecule has 3 aromatic rings. The molecular weight excluding hydrogens is 621 g/mol. The molecule has 2 amide bonds. The number of hydrogen-bond acceptors (Lipinski definition) is 7. The number of hydrogen-bond donors (Lipinski definition) is 3. The summed E-state index contributed by atoms with van der Waals surface area (Å²) in [5, 5.41) is 16.2. The molecule has 1 saturated heterocycles. The van der Waals surface area contributed by atoms with Crippen molar-refractivity contribution < 1.29 is 37.4 Å². The molecule has 5 atom stereocenters. The smallest absolute Gasteiger partial charge is 0.416 e. The summed E-state index contributed by atoms with van der Waals surface area (Å²) in [6.07, 6.45) is 2.14. The summed E-state index contributed by atoms with van der Waals surface area (Å²) in [5.74, 6) is -2.57. The average Bonchev–Trinajstić information content (AvgIpc) is 3.32. The molecule has 2 aromatic carbocycles. The number of aromatic nitrogens is 1. The summed E-state index contributed by atoms with van der Waals surface area (Å²) >= 11 is 1.35. The van der Waals surface area contributed by atoms with E-state index >= 15 is 0 Å². The number of carbonyl (C=O) groups is 3. The molecule has 2 fully saturated rings. The first kappa shape index (κ1) is 31.8. The number of carbonyl (C=O) groups excluding carboxylic acids is 2. The van der Waals surface area contributed by atoms with Crippen molar-refractivity contribution in [3.8, 4) is 5.19 Å². The number of nitrogens with zero attached hydrogens (tertiary/aromatic N) is 2. The first-order chi connectivity index (χ1) is 21.9. The van der Waals surface area contributed by atoms with Crippen LogP contribution >= 0.6 is 11.3 Å². The molecule has 0 bridgehead atoms. The molecule has 3 aliphatic rings. The molecule has 0 spiro atoms. The van der Waals surface area contributed by atoms with Crippen LogP contribution in [0.15, 0.2) is 54.6 Å². The van der Waals surface area contributed by atoms with E-state index in [1.165, 1.54) is 28.4 Å². The van der Waals surface area contributed by atoms with Crippen LogP contribution in [-0.4, -0.2) is 63.0 Å². The van der Waals surface area contributed by atoms with Crippen molar-refractivity contribution in [2.45, 2.75) is 81.8 Å². The van der Waals surface area contributed by atoms with Crippen LogP contribution in [0.4, 0.5) is 18.9 Å². The molecule has 0 radical (unpaired) electrons. The van der Waals surface area contributed by atoms with Gasteiger partial charge < -0.3 is 25.4 Å². The fraction of sp³-hybridized carbons (Fsp3) is 0.455. The molecule has 6 rings (SSSR count). The number of aryl methyl sites for hydroxylation is 1. The molecular formula is C33H35F3N4O5S. The van der Waals surface area contributed by atoms with E-state index in [4.69, 9.17) is 4.74 Å². The first-order valence-electron chi connectivity index (χ1n) is 15.4. The van der Waals surface area contributed by atoms with Gasteiger partial charge in [0.25, 0.3) is 5.19 Å². The number of carboxylic acids is 1. The summed E-state index contributed by atoms with van der Waals surface area (Å²) in [6, 6.07) is 8.53. The van der Waals surface area contributed by atoms with Crippen molar-refractivity contribution in [2.75, 3.05) is 11.9 Å². The van der Waals surface area contributed by atoms with Gasteiger partial charge in [-0.2, -0.15) is 13.2 Å². The Labute approximate surface area is 267 Å². The number of anilines is 1. The SMILES string of the molecule is Cc1ccc2nc(O[C@@H]3C[C@H]4C(=O)N[C@]5(C(=O)O)C[C@H]5C=CCCCCC[C@H](Nc5cccc(C(F)(F)F)c5)C(=O)N4C3)sc2c1. The predicted octanol–water partition coefficient (Wildman–Crippen LogP) is 5.93. The van der Waals surface area contributed by atoms with Gasteiger partial charge in [0, 0.05) is 18.0 Å². The van der Waals surface area contributed by atoms with E-state index in [0.717, 1.165) is 40.8 Å². The molecule has 244 valence electrons. The van der Waals surface area contributed by atoms with Crippen molar-refractivity contribution in [3.63, 3.8) is 0 Å². The van der Waals surface area contributed by atoms with Crippen LogP contribution in [0.25, 0.3) is 10.2 Å². The van der Waals surface area contributed by atoms with Crippen LogP contribution in [0, 0.1) is 12.8 Å². The number of rotatable bonds is 5. The summed E-state index contributed by atoms with van der Waals surface area (Å²) in [4.78, 5) is 46.3. The maximum Gasteiger partial charge on any atom is 0.416 e. The van der Waals surface area contributed by atoms with Gasteiger partial charge in [-0.05, 0) is 68.5 Å². The van der Waals surface area contributed by atoms with E-state index in [9.17, 15) is 32.7 Å². The molecule has 1 aliphatic carbocycles. The van der Waals surface area contributed by atoms with E-state index in [2.05, 4.69) is 15.6 Å². The summed E-state index contributed by atoms with van der Waals surface area (Å²) < 4.78 is 47.5. The van der Waals surface area contributed by atoms with Crippen molar-refractivity contribution in [2.24, 2.45) is 5.92 Å². The van der Waals surface area contributed by atoms with E-state index < -0.39 is 53.2 Å². The summed E-state index contributed by atoms with van der Waals surface area (Å²) in [6.45, 7) is 2.00. The zero-order valence-electron chi connectivity index (χ0n) is 25.2. The quantitative estimate of drug-likeness (QED) is 0.291. The Morgan fingerprint density at radius 1 is 1.17 bits per heavy atom. The number of nitrogens with one attached hydrogen (secondary N) is 2. The molecule has 1 saturated carbocycles. The van der Waals surface area contributed by atoms with E-state index in [-0.39, 0.29) is 31.0 Å². The van der Waals surface area contributed by atoms with Crippen molar-refractivity contribution in [3.05, 3.63) is 65.7 Å². The second-order valence-electron chi connectivity index (χ2n) is 12.4. The number of amides is 2. The van der Waals surface area contributed by atoms with Crippen molar-refractivity contribution >= 4 is 45.0 Å². The number of allylic oxidation sites excluding steroid dienone is 1. The van der Waals surface area contributed by atoms with Crippen molar-refractivity contribution in [1.82, 2.24) is 15.2 Å². The number of carboxylic acid groups (broad SMARTS) is 1. The Bertz CT molecular complexity index is 1680. The van der Waals surface area contributed by atoms with Gasteiger partial charge in [0.15, 0.2) is 0 Å². The fourth-order valence-electron chi connectivity index (χ4n) is 6.34. The van der Waals surface area contributed by atoms with Gasteiger partial charge in [-0.1, -0.05) is 48.5 Å². The van der Waals surface area contributed by atoms with Gasteiger partial charge >= 0.3 is 12.1 Å². The zero-order valence-corrected chi connectivity index (χ0v) is 26.0. The van der Waals surface area contributed by atoms with Crippen LogP contribution in [0.3, 0.4) is 0 Å². The zero-order chi connectivity index (χ0) is 32.6. The minimum Gasteiger partial charge on any atom is -0.479 e. The van der Waals surface area contributed by atoms with E-state index in [1.54, 1.807) is 0 Å². The largest absolute Gasteiger partial charge is 0.479 e. The molecule has 2 aliphatic heterocycles. The monoisotopic (exact) mass is 656 g/mol. The molecule has 1 aromatic heterocycles. The Morgan fingerprint density at radius 2 is 2.00 bits per heavy atom. The van der Waals surface area contributed by atoms with Crippen LogP contribution in [-0.2, 0) is 20.6 Å². The Balaban J connectivity index is 1.30. The van der Waals surface area contributed by atoms with E-state index in [1.807, 2.05) is 37.3 Å². The fourth-order valence-corrected chi connectivity index (χ4v) is 7.32. The highest BCUT2D eigenvalue weighted by atomic mass is 32.1. The first-order valence-corrected chi connectivity index (χ1v) is 16.2. The van der Waals surface area contributed by atoms with Gasteiger partial charge in [0.05, 0.1) is 22.3 Å². The lowest BCUT2D eigenvalue weighted by Gasteiger charge is -2.30. The van der Waals surface area contributed by atoms with Crippen LogP contribution in [0.5, 0.6) is 5.19 Å². The lowest BCUT2D eigenvalue weighted by Crippen LogP contribution is -2.55. The number of aliphatic carboxylic acids is 1. The highest BCUT2D eigenvalue weighted by molar-refractivity contribution is 7.20. The summed E-state index contributed by atoms with van der Waals surface area (Å²) in [5.41, 5.74) is -0.338. The van der Waals surface area contributed by atoms with Crippen LogP contribution in [0.1, 0.15) is 56.1 Å². The standard InChI is InChI=1S/C33H35F3N4O5S/c1-19-12-13-24-27(14-19)46-31(38-24)45-23-16-26-28(41)39-32(30(43)44)17-21(32)8-5-3-2-4-6-11-25(29(42)40(26)18-23)37-22-10-7-9-20(15-22)33(34,35)36/h5,7-10,12-15,21,23,25-26,37H,2-4,6,11,16-18H2,1H3,(H,39,41)(H,43,44)/t21-,23-,25+,26+,32-/m1/s1. The topological polar surface area (TPSA) is 121 Å². The third-order valence-electron chi connectivity index (χ3n) is 8.94. The minimum atomic E-state index is -4.56. The normalized spacial score (nSPS) is 27.3. The number of benzene rings is 2. The predicted molar refractivity (Wildman–Crippen MR) is 167 cm³/mol. The maximum atomic E-state index is 14.2. The average molecular weight is 657 g/mol. The Morgan fingerprint density at radius 3 is 2.78 bits per heavy atom. The molecule has 0 unspecified atom stereocenters. The highest BCUT2D eigenvalue weighted by Crippen LogP contribution is 2.45.